The third-order valence-electron chi connectivity index (χ3n) is 3.31. The number of nitrogens with zero attached hydrogens (tertiary/aromatic N) is 1. The Morgan fingerprint density at radius 3 is 3.00 bits per heavy atom. The van der Waals surface area contributed by atoms with Gasteiger partial charge >= 0.3 is 0 Å². The van der Waals surface area contributed by atoms with Gasteiger partial charge in [-0.1, -0.05) is 29.8 Å². The molecule has 0 bridgehead atoms. The molecule has 2 heterocycles. The van der Waals surface area contributed by atoms with Gasteiger partial charge in [-0.25, -0.2) is 4.98 Å². The predicted octanol–water partition coefficient (Wildman–Crippen LogP) is 1.66. The molecule has 1 aliphatic heterocycles. The molecule has 0 fully saturated rings. The minimum absolute atomic E-state index is 0.0199. The van der Waals surface area contributed by atoms with Crippen LogP contribution in [0.3, 0.4) is 0 Å². The zero-order valence-electron chi connectivity index (χ0n) is 10.4. The lowest BCUT2D eigenvalue weighted by Gasteiger charge is -2.16. The minimum atomic E-state index is -0.0199. The first-order valence-corrected chi connectivity index (χ1v) is 6.67. The van der Waals surface area contributed by atoms with Gasteiger partial charge < -0.3 is 10.3 Å². The maximum Gasteiger partial charge on any atom is 0.254 e. The Labute approximate surface area is 115 Å². The lowest BCUT2D eigenvalue weighted by Crippen LogP contribution is -2.31. The summed E-state index contributed by atoms with van der Waals surface area (Å²) in [5, 5.41) is 3.92. The number of hydrogen-bond acceptors (Lipinski definition) is 3. The third-order valence-corrected chi connectivity index (χ3v) is 3.68. The SMILES string of the molecule is O=c1[nH]c(Cc2ccccc2Cl)nc2c1CCNC2. The molecule has 2 N–H and O–H groups in total. The predicted molar refractivity (Wildman–Crippen MR) is 74.5 cm³/mol. The lowest BCUT2D eigenvalue weighted by molar-refractivity contribution is 0.613. The van der Waals surface area contributed by atoms with Crippen LogP contribution in [0.5, 0.6) is 0 Å². The summed E-state index contributed by atoms with van der Waals surface area (Å²) in [4.78, 5) is 19.4. The standard InChI is InChI=1S/C14H14ClN3O/c15-11-4-2-1-3-9(11)7-13-17-12-8-16-6-5-10(12)14(19)18-13/h1-4,16H,5-8H2,(H,17,18,19). The van der Waals surface area contributed by atoms with Gasteiger partial charge in [0.2, 0.25) is 0 Å². The fraction of sp³-hybridized carbons (Fsp3) is 0.286. The van der Waals surface area contributed by atoms with E-state index < -0.39 is 0 Å². The van der Waals surface area contributed by atoms with Crippen molar-refractivity contribution in [3.05, 3.63) is 62.3 Å². The Hall–Kier alpha value is -1.65. The first-order valence-electron chi connectivity index (χ1n) is 6.29. The molecule has 1 aromatic heterocycles. The Bertz CT molecular complexity index is 666. The highest BCUT2D eigenvalue weighted by Crippen LogP contribution is 2.17. The van der Waals surface area contributed by atoms with E-state index in [9.17, 15) is 4.79 Å². The van der Waals surface area contributed by atoms with Crippen LogP contribution in [-0.2, 0) is 19.4 Å². The molecule has 1 aliphatic rings. The average Bonchev–Trinajstić information content (AvgIpc) is 2.42. The molecule has 5 heteroatoms. The Kier molecular flexibility index (Phi) is 3.36. The number of rotatable bonds is 2. The molecule has 4 nitrogen and oxygen atoms in total. The van der Waals surface area contributed by atoms with Crippen molar-refractivity contribution in [2.24, 2.45) is 0 Å². The maximum absolute atomic E-state index is 12.0. The average molecular weight is 276 g/mol. The van der Waals surface area contributed by atoms with Crippen LogP contribution in [0.2, 0.25) is 5.02 Å². The maximum atomic E-state index is 12.0. The van der Waals surface area contributed by atoms with Crippen LogP contribution in [0.25, 0.3) is 0 Å². The van der Waals surface area contributed by atoms with E-state index in [1.807, 2.05) is 24.3 Å². The highest BCUT2D eigenvalue weighted by molar-refractivity contribution is 6.31. The second-order valence-electron chi connectivity index (χ2n) is 4.63. The van der Waals surface area contributed by atoms with Crippen LogP contribution in [0, 0.1) is 0 Å². The fourth-order valence-corrected chi connectivity index (χ4v) is 2.53. The number of H-pyrrole nitrogens is 1. The van der Waals surface area contributed by atoms with Crippen LogP contribution in [0.4, 0.5) is 0 Å². The van der Waals surface area contributed by atoms with Crippen molar-refractivity contribution in [1.82, 2.24) is 15.3 Å². The second-order valence-corrected chi connectivity index (χ2v) is 5.04. The van der Waals surface area contributed by atoms with Crippen molar-refractivity contribution in [2.75, 3.05) is 6.54 Å². The van der Waals surface area contributed by atoms with Crippen molar-refractivity contribution in [1.29, 1.82) is 0 Å². The van der Waals surface area contributed by atoms with E-state index in [0.29, 0.717) is 23.8 Å². The number of nitrogens with one attached hydrogen (secondary N) is 2. The summed E-state index contributed by atoms with van der Waals surface area (Å²) in [5.74, 6) is 0.667. The zero-order chi connectivity index (χ0) is 13.2. The van der Waals surface area contributed by atoms with E-state index in [1.54, 1.807) is 0 Å². The van der Waals surface area contributed by atoms with Crippen LogP contribution < -0.4 is 10.9 Å². The van der Waals surface area contributed by atoms with E-state index in [2.05, 4.69) is 15.3 Å². The van der Waals surface area contributed by atoms with E-state index >= 15 is 0 Å². The van der Waals surface area contributed by atoms with Crippen LogP contribution in [0.15, 0.2) is 29.1 Å². The van der Waals surface area contributed by atoms with E-state index in [0.717, 1.165) is 29.8 Å². The van der Waals surface area contributed by atoms with Crippen molar-refractivity contribution < 1.29 is 0 Å². The van der Waals surface area contributed by atoms with Crippen LogP contribution in [-0.4, -0.2) is 16.5 Å². The van der Waals surface area contributed by atoms with Gasteiger partial charge in [0.15, 0.2) is 0 Å². The second kappa shape index (κ2) is 5.15. The monoisotopic (exact) mass is 275 g/mol. The van der Waals surface area contributed by atoms with E-state index in [1.165, 1.54) is 0 Å². The number of halogens is 1. The molecule has 1 aromatic carbocycles. The van der Waals surface area contributed by atoms with E-state index in [4.69, 9.17) is 11.6 Å². The first kappa shape index (κ1) is 12.4. The summed E-state index contributed by atoms with van der Waals surface area (Å²) in [6.45, 7) is 1.50. The summed E-state index contributed by atoms with van der Waals surface area (Å²) in [5.41, 5.74) is 2.61. The van der Waals surface area contributed by atoms with Crippen LogP contribution in [0.1, 0.15) is 22.6 Å². The van der Waals surface area contributed by atoms with Gasteiger partial charge in [-0.2, -0.15) is 0 Å². The molecule has 0 unspecified atom stereocenters. The van der Waals surface area contributed by atoms with Gasteiger partial charge in [0.05, 0.1) is 5.69 Å². The summed E-state index contributed by atoms with van der Waals surface area (Å²) in [6.07, 6.45) is 1.28. The zero-order valence-corrected chi connectivity index (χ0v) is 11.1. The minimum Gasteiger partial charge on any atom is -0.311 e. The highest BCUT2D eigenvalue weighted by atomic mass is 35.5. The van der Waals surface area contributed by atoms with Gasteiger partial charge in [0.1, 0.15) is 5.82 Å². The van der Waals surface area contributed by atoms with Crippen LogP contribution >= 0.6 is 11.6 Å². The summed E-state index contributed by atoms with van der Waals surface area (Å²) in [6, 6.07) is 7.60. The van der Waals surface area contributed by atoms with Crippen molar-refractivity contribution in [3.63, 3.8) is 0 Å². The largest absolute Gasteiger partial charge is 0.311 e. The molecular formula is C14H14ClN3O. The highest BCUT2D eigenvalue weighted by Gasteiger charge is 2.15. The summed E-state index contributed by atoms with van der Waals surface area (Å²) in [7, 11) is 0. The van der Waals surface area contributed by atoms with Crippen molar-refractivity contribution >= 4 is 11.6 Å². The summed E-state index contributed by atoms with van der Waals surface area (Å²) < 4.78 is 0. The molecule has 2 aromatic rings. The normalized spacial score (nSPS) is 14.2. The fourth-order valence-electron chi connectivity index (χ4n) is 2.33. The first-order chi connectivity index (χ1) is 9.24. The van der Waals surface area contributed by atoms with Crippen molar-refractivity contribution in [2.45, 2.75) is 19.4 Å². The molecule has 0 saturated heterocycles. The van der Waals surface area contributed by atoms with Gasteiger partial charge in [-0.05, 0) is 24.6 Å². The third kappa shape index (κ3) is 2.55. The number of aromatic nitrogens is 2. The summed E-state index contributed by atoms with van der Waals surface area (Å²) >= 11 is 6.13. The number of aromatic amines is 1. The molecule has 3 rings (SSSR count). The molecule has 0 radical (unpaired) electrons. The van der Waals surface area contributed by atoms with E-state index in [-0.39, 0.29) is 5.56 Å². The quantitative estimate of drug-likeness (QED) is 0.876. The van der Waals surface area contributed by atoms with Gasteiger partial charge in [0.25, 0.3) is 5.56 Å². The number of hydrogen-bond donors (Lipinski definition) is 2. The Morgan fingerprint density at radius 1 is 1.32 bits per heavy atom. The van der Waals surface area contributed by atoms with Gasteiger partial charge in [-0.3, -0.25) is 4.79 Å². The Balaban J connectivity index is 1.96. The Morgan fingerprint density at radius 2 is 2.16 bits per heavy atom. The number of fused-ring (bicyclic) bond motifs is 1. The molecule has 0 amide bonds. The molecule has 0 atom stereocenters. The van der Waals surface area contributed by atoms with Gasteiger partial charge in [-0.15, -0.1) is 0 Å². The molecule has 98 valence electrons. The molecular weight excluding hydrogens is 262 g/mol. The van der Waals surface area contributed by atoms with Crippen molar-refractivity contribution in [3.8, 4) is 0 Å². The molecule has 0 spiro atoms. The number of benzene rings is 1. The lowest BCUT2D eigenvalue weighted by atomic mass is 10.1. The molecule has 19 heavy (non-hydrogen) atoms. The molecule has 0 aliphatic carbocycles. The molecule has 0 saturated carbocycles. The topological polar surface area (TPSA) is 57.8 Å². The smallest absolute Gasteiger partial charge is 0.254 e. The van der Waals surface area contributed by atoms with Gasteiger partial charge in [0, 0.05) is 23.6 Å².